The number of nitrogens with one attached hydrogen (secondary N) is 2. The van der Waals surface area contributed by atoms with Gasteiger partial charge >= 0.3 is 0 Å². The van der Waals surface area contributed by atoms with Gasteiger partial charge in [-0.2, -0.15) is 5.26 Å². The van der Waals surface area contributed by atoms with Crippen LogP contribution in [0.15, 0.2) is 59.8 Å². The van der Waals surface area contributed by atoms with E-state index in [4.69, 9.17) is 17.0 Å². The van der Waals surface area contributed by atoms with Crippen molar-refractivity contribution in [3.05, 3.63) is 69.4 Å². The van der Waals surface area contributed by atoms with E-state index in [1.165, 1.54) is 31.4 Å². The van der Waals surface area contributed by atoms with Gasteiger partial charge in [0.2, 0.25) is 0 Å². The lowest BCUT2D eigenvalue weighted by Crippen LogP contribution is -2.31. The minimum Gasteiger partial charge on any atom is -0.494 e. The number of aromatic nitrogens is 1. The Bertz CT molecular complexity index is 1290. The number of thiophene rings is 1. The molecule has 0 bridgehead atoms. The fourth-order valence-corrected chi connectivity index (χ4v) is 4.85. The molecule has 2 N–H and O–H groups in total. The summed E-state index contributed by atoms with van der Waals surface area (Å²) in [5.74, 6) is -3.72. The first-order chi connectivity index (χ1) is 18.1. The number of aromatic amines is 1. The third-order valence-corrected chi connectivity index (χ3v) is 7.56. The van der Waals surface area contributed by atoms with Gasteiger partial charge in [0.25, 0.3) is 11.8 Å². The van der Waals surface area contributed by atoms with Gasteiger partial charge in [0, 0.05) is 33.5 Å². The largest absolute Gasteiger partial charge is 0.494 e. The second-order valence-electron chi connectivity index (χ2n) is 8.69. The van der Waals surface area contributed by atoms with Crippen LogP contribution in [0.4, 0.5) is 13.2 Å². The molecule has 2 atom stereocenters. The van der Waals surface area contributed by atoms with E-state index in [2.05, 4.69) is 10.3 Å². The molecule has 0 spiro atoms. The van der Waals surface area contributed by atoms with Crippen molar-refractivity contribution in [1.82, 2.24) is 10.3 Å². The monoisotopic (exact) mass is 563 g/mol. The van der Waals surface area contributed by atoms with Gasteiger partial charge in [0.1, 0.15) is 23.0 Å². The number of alkyl halides is 3. The van der Waals surface area contributed by atoms with Crippen LogP contribution < -0.4 is 10.1 Å². The number of amides is 1. The first kappa shape index (κ1) is 31.1. The highest BCUT2D eigenvalue weighted by atomic mass is 32.1. The zero-order valence-electron chi connectivity index (χ0n) is 21.8. The molecular weight excluding hydrogens is 531 g/mol. The van der Waals surface area contributed by atoms with Crippen molar-refractivity contribution in [2.75, 3.05) is 13.8 Å². The van der Waals surface area contributed by atoms with Crippen LogP contribution in [-0.4, -0.2) is 30.6 Å². The number of hydrogen-bond acceptors (Lipinski definition) is 5. The number of carbonyl (C=O) groups is 1. The number of pyridine rings is 1. The number of hydrogen-bond donors (Lipinski definition) is 2. The fourth-order valence-electron chi connectivity index (χ4n) is 3.65. The summed E-state index contributed by atoms with van der Waals surface area (Å²) >= 11 is 6.60. The molecule has 2 unspecified atom stereocenters. The minimum atomic E-state index is -3.30. The van der Waals surface area contributed by atoms with Crippen molar-refractivity contribution in [3.8, 4) is 22.3 Å². The maximum atomic E-state index is 14.9. The van der Waals surface area contributed by atoms with E-state index in [1.807, 2.05) is 19.1 Å². The first-order valence-corrected chi connectivity index (χ1v) is 13.4. The van der Waals surface area contributed by atoms with Gasteiger partial charge in [-0.25, -0.2) is 13.2 Å². The average molecular weight is 564 g/mol. The molecule has 1 amide bonds. The number of allylic oxidation sites excluding steroid dienone is 5. The van der Waals surface area contributed by atoms with Gasteiger partial charge in [-0.05, 0) is 43.9 Å². The van der Waals surface area contributed by atoms with Gasteiger partial charge in [-0.15, -0.1) is 11.3 Å². The summed E-state index contributed by atoms with van der Waals surface area (Å²) in [5, 5.41) is 12.4. The maximum Gasteiger partial charge on any atom is 0.270 e. The summed E-state index contributed by atoms with van der Waals surface area (Å²) in [5.41, 5.74) is -0.185. The smallest absolute Gasteiger partial charge is 0.270 e. The molecule has 2 heterocycles. The van der Waals surface area contributed by atoms with Crippen LogP contribution in [0.5, 0.6) is 5.75 Å². The van der Waals surface area contributed by atoms with Crippen molar-refractivity contribution >= 4 is 29.5 Å². The highest BCUT2D eigenvalue weighted by Crippen LogP contribution is 2.36. The molecule has 0 fully saturated rings. The molecule has 0 aromatic carbocycles. The lowest BCUT2D eigenvalue weighted by molar-refractivity contribution is -0.118. The average Bonchev–Trinajstić information content (AvgIpc) is 3.39. The van der Waals surface area contributed by atoms with Crippen LogP contribution in [0.25, 0.3) is 10.4 Å². The topological polar surface area (TPSA) is 77.9 Å². The number of carbonyl (C=O) groups excluding carboxylic acids is 1. The predicted molar refractivity (Wildman–Crippen MR) is 149 cm³/mol. The molecule has 204 valence electrons. The van der Waals surface area contributed by atoms with Gasteiger partial charge in [-0.3, -0.25) is 4.79 Å². The lowest BCUT2D eigenvalue weighted by atomic mass is 9.91. The molecular formula is C28H32F3N3O2S2. The second kappa shape index (κ2) is 14.7. The van der Waals surface area contributed by atoms with Crippen molar-refractivity contribution < 1.29 is 22.7 Å². The number of nitrogens with zero attached hydrogens (tertiary/aromatic N) is 1. The van der Waals surface area contributed by atoms with Crippen LogP contribution in [0, 0.1) is 21.9 Å². The zero-order valence-corrected chi connectivity index (χ0v) is 23.4. The molecule has 0 saturated carbocycles. The molecule has 10 heteroatoms. The predicted octanol–water partition coefficient (Wildman–Crippen LogP) is 8.02. The molecule has 0 saturated heterocycles. The Labute approximate surface area is 230 Å². The van der Waals surface area contributed by atoms with E-state index < -0.39 is 42.1 Å². The Hall–Kier alpha value is -3.16. The Balaban J connectivity index is 2.24. The summed E-state index contributed by atoms with van der Waals surface area (Å²) in [4.78, 5) is 17.7. The van der Waals surface area contributed by atoms with Crippen LogP contribution in [0.3, 0.4) is 0 Å². The molecule has 0 aliphatic carbocycles. The number of nitriles is 1. The van der Waals surface area contributed by atoms with Crippen molar-refractivity contribution in [3.63, 3.8) is 0 Å². The number of rotatable bonds is 13. The van der Waals surface area contributed by atoms with E-state index >= 15 is 0 Å². The SMILES string of the molecule is CCC(F)(F)/C(CCC(C)/C=C\C=C/CF)=C(\C#N)C(=O)NC(C)c1ccc(-c2c[nH]c(=S)c(OC)c2)s1. The number of H-pyrrole nitrogens is 1. The molecule has 5 nitrogen and oxygen atoms in total. The Morgan fingerprint density at radius 3 is 2.71 bits per heavy atom. The van der Waals surface area contributed by atoms with Crippen molar-refractivity contribution in [1.29, 1.82) is 5.26 Å². The van der Waals surface area contributed by atoms with E-state index in [0.29, 0.717) is 16.8 Å². The molecule has 2 aromatic rings. The van der Waals surface area contributed by atoms with Gasteiger partial charge in [0.15, 0.2) is 5.75 Å². The van der Waals surface area contributed by atoms with Crippen LogP contribution >= 0.6 is 23.6 Å². The highest BCUT2D eigenvalue weighted by Gasteiger charge is 2.36. The van der Waals surface area contributed by atoms with Gasteiger partial charge < -0.3 is 15.0 Å². The summed E-state index contributed by atoms with van der Waals surface area (Å²) in [6.07, 6.45) is 7.71. The Morgan fingerprint density at radius 1 is 1.34 bits per heavy atom. The maximum absolute atomic E-state index is 14.9. The Morgan fingerprint density at radius 2 is 2.08 bits per heavy atom. The number of halogens is 3. The third kappa shape index (κ3) is 8.43. The van der Waals surface area contributed by atoms with Crippen molar-refractivity contribution in [2.24, 2.45) is 5.92 Å². The van der Waals surface area contributed by atoms with Crippen molar-refractivity contribution in [2.45, 2.75) is 52.0 Å². The standard InChI is InChI=1S/C28H32F3N3O2S2/c1-5-28(30,31)22(11-10-18(2)9-7-6-8-14-29)21(16-32)26(35)34-19(3)24-12-13-25(38-24)20-15-23(36-4)27(37)33-17-20/h6-9,12-13,15,17-19H,5,10-11,14H2,1-4H3,(H,33,37)(H,34,35)/b8-6-,9-7-,22-21+. The van der Waals surface area contributed by atoms with Gasteiger partial charge in [-0.1, -0.05) is 50.4 Å². The minimum absolute atomic E-state index is 0.112. The third-order valence-electron chi connectivity index (χ3n) is 5.93. The summed E-state index contributed by atoms with van der Waals surface area (Å²) in [7, 11) is 1.53. The number of methoxy groups -OCH3 is 1. The first-order valence-electron chi connectivity index (χ1n) is 12.2. The summed E-state index contributed by atoms with van der Waals surface area (Å²) < 4.78 is 47.7. The zero-order chi connectivity index (χ0) is 28.3. The molecule has 0 aliphatic rings. The van der Waals surface area contributed by atoms with Crippen LogP contribution in [0.2, 0.25) is 0 Å². The normalized spacial score (nSPS) is 14.3. The fraction of sp³-hybridized carbons (Fsp3) is 0.393. The van der Waals surface area contributed by atoms with Crippen LogP contribution in [-0.2, 0) is 4.79 Å². The van der Waals surface area contributed by atoms with E-state index in [9.17, 15) is 23.2 Å². The molecule has 2 aromatic heterocycles. The summed E-state index contributed by atoms with van der Waals surface area (Å²) in [6.45, 7) is 4.30. The Kier molecular flexibility index (Phi) is 12.0. The molecule has 0 aliphatic heterocycles. The highest BCUT2D eigenvalue weighted by molar-refractivity contribution is 7.71. The quantitative estimate of drug-likeness (QED) is 0.112. The van der Waals surface area contributed by atoms with E-state index in [1.54, 1.807) is 43.5 Å². The van der Waals surface area contributed by atoms with Crippen LogP contribution in [0.1, 0.15) is 51.0 Å². The molecule has 2 rings (SSSR count). The summed E-state index contributed by atoms with van der Waals surface area (Å²) in [6, 6.07) is 6.73. The second-order valence-corrected chi connectivity index (χ2v) is 10.2. The molecule has 38 heavy (non-hydrogen) atoms. The van der Waals surface area contributed by atoms with Gasteiger partial charge in [0.05, 0.1) is 13.2 Å². The van der Waals surface area contributed by atoms with E-state index in [0.717, 1.165) is 15.3 Å². The lowest BCUT2D eigenvalue weighted by Gasteiger charge is -2.22. The molecule has 0 radical (unpaired) electrons. The van der Waals surface area contributed by atoms with E-state index in [-0.39, 0.29) is 12.3 Å². The number of ether oxygens (including phenoxy) is 1.